The number of aliphatic hydroxyl groups excluding tert-OH is 1. The summed E-state index contributed by atoms with van der Waals surface area (Å²) in [6.45, 7) is 2.07. The quantitative estimate of drug-likeness (QED) is 0.771. The smallest absolute Gasteiger partial charge is 0.139 e. The van der Waals surface area contributed by atoms with E-state index in [0.29, 0.717) is 36.2 Å². The minimum atomic E-state index is -0.443. The molecule has 4 rings (SSSR count). The molecule has 2 fully saturated rings. The first-order chi connectivity index (χ1) is 10.0. The Bertz CT molecular complexity index is 608. The minimum Gasteiger partial charge on any atom is -0.508 e. The molecule has 0 bridgehead atoms. The predicted molar refractivity (Wildman–Crippen MR) is 79.1 cm³/mol. The van der Waals surface area contributed by atoms with Gasteiger partial charge < -0.3 is 10.2 Å². The summed E-state index contributed by atoms with van der Waals surface area (Å²) in [6, 6.07) is 5.54. The SMILES string of the molecule is C[C@]12C[C@H](O)[C@@H]3c4ccc(O)cc4CC[C@H]3[C@H]1CCC2=O. The number of aryl methyl sites for hydroxylation is 1. The number of carbonyl (C=O) groups is 1. The Morgan fingerprint density at radius 1 is 1.24 bits per heavy atom. The van der Waals surface area contributed by atoms with Crippen molar-refractivity contribution in [3.8, 4) is 5.75 Å². The average molecular weight is 286 g/mol. The van der Waals surface area contributed by atoms with Crippen LogP contribution in [0.5, 0.6) is 5.75 Å². The third-order valence-electron chi connectivity index (χ3n) is 6.40. The van der Waals surface area contributed by atoms with Crippen LogP contribution >= 0.6 is 0 Å². The van der Waals surface area contributed by atoms with Crippen molar-refractivity contribution in [2.75, 3.05) is 0 Å². The Kier molecular flexibility index (Phi) is 2.74. The van der Waals surface area contributed by atoms with Crippen LogP contribution in [0.3, 0.4) is 0 Å². The number of phenols is 1. The van der Waals surface area contributed by atoms with Gasteiger partial charge in [-0.15, -0.1) is 0 Å². The molecule has 1 aromatic rings. The molecule has 112 valence electrons. The summed E-state index contributed by atoms with van der Waals surface area (Å²) in [4.78, 5) is 12.3. The molecule has 3 aliphatic carbocycles. The number of fused-ring (bicyclic) bond motifs is 5. The summed E-state index contributed by atoms with van der Waals surface area (Å²) in [5, 5.41) is 20.4. The first-order valence-corrected chi connectivity index (χ1v) is 8.04. The summed E-state index contributed by atoms with van der Waals surface area (Å²) in [5.41, 5.74) is 2.05. The van der Waals surface area contributed by atoms with E-state index in [0.717, 1.165) is 19.3 Å². The number of benzene rings is 1. The molecule has 0 radical (unpaired) electrons. The lowest BCUT2D eigenvalue weighted by Gasteiger charge is -2.50. The first-order valence-electron chi connectivity index (χ1n) is 8.04. The predicted octanol–water partition coefficient (Wildman–Crippen LogP) is 2.79. The van der Waals surface area contributed by atoms with Crippen LogP contribution in [0, 0.1) is 17.3 Å². The molecule has 1 aromatic carbocycles. The summed E-state index contributed by atoms with van der Waals surface area (Å²) >= 11 is 0. The molecule has 5 atom stereocenters. The van der Waals surface area contributed by atoms with E-state index in [-0.39, 0.29) is 11.3 Å². The molecule has 0 aliphatic heterocycles. The number of rotatable bonds is 0. The molecule has 0 unspecified atom stereocenters. The van der Waals surface area contributed by atoms with Gasteiger partial charge in [-0.1, -0.05) is 13.0 Å². The third kappa shape index (κ3) is 1.73. The fourth-order valence-electron chi connectivity index (χ4n) is 5.42. The minimum absolute atomic E-state index is 0.137. The van der Waals surface area contributed by atoms with Crippen LogP contribution in [0.4, 0.5) is 0 Å². The lowest BCUT2D eigenvalue weighted by Crippen LogP contribution is -2.48. The first kappa shape index (κ1) is 13.3. The van der Waals surface area contributed by atoms with Gasteiger partial charge in [0, 0.05) is 17.8 Å². The second-order valence-corrected chi connectivity index (χ2v) is 7.37. The van der Waals surface area contributed by atoms with E-state index in [9.17, 15) is 15.0 Å². The van der Waals surface area contributed by atoms with Gasteiger partial charge in [0.2, 0.25) is 0 Å². The van der Waals surface area contributed by atoms with Gasteiger partial charge in [0.15, 0.2) is 0 Å². The van der Waals surface area contributed by atoms with Crippen LogP contribution in [-0.4, -0.2) is 22.1 Å². The van der Waals surface area contributed by atoms with Gasteiger partial charge in [-0.2, -0.15) is 0 Å². The fraction of sp³-hybridized carbons (Fsp3) is 0.611. The Labute approximate surface area is 125 Å². The number of ketones is 1. The summed E-state index contributed by atoms with van der Waals surface area (Å²) < 4.78 is 0. The second-order valence-electron chi connectivity index (χ2n) is 7.37. The highest BCUT2D eigenvalue weighted by atomic mass is 16.3. The van der Waals surface area contributed by atoms with Crippen LogP contribution in [0.15, 0.2) is 18.2 Å². The van der Waals surface area contributed by atoms with Gasteiger partial charge in [0.05, 0.1) is 6.10 Å². The molecular weight excluding hydrogens is 264 g/mol. The highest BCUT2D eigenvalue weighted by molar-refractivity contribution is 5.87. The van der Waals surface area contributed by atoms with Crippen LogP contribution < -0.4 is 0 Å². The van der Waals surface area contributed by atoms with Crippen molar-refractivity contribution < 1.29 is 15.0 Å². The van der Waals surface area contributed by atoms with E-state index in [1.807, 2.05) is 12.1 Å². The topological polar surface area (TPSA) is 57.5 Å². The van der Waals surface area contributed by atoms with Crippen LogP contribution in [0.2, 0.25) is 0 Å². The van der Waals surface area contributed by atoms with E-state index in [1.165, 1.54) is 11.1 Å². The van der Waals surface area contributed by atoms with Crippen molar-refractivity contribution >= 4 is 5.78 Å². The van der Waals surface area contributed by atoms with Gasteiger partial charge in [0.25, 0.3) is 0 Å². The van der Waals surface area contributed by atoms with Crippen molar-refractivity contribution in [3.63, 3.8) is 0 Å². The number of Topliss-reactive ketones (excluding diaryl/α,β-unsaturated/α-hetero) is 1. The molecule has 2 saturated carbocycles. The van der Waals surface area contributed by atoms with Gasteiger partial charge >= 0.3 is 0 Å². The summed E-state index contributed by atoms with van der Waals surface area (Å²) in [5.74, 6) is 1.61. The van der Waals surface area contributed by atoms with Crippen LogP contribution in [0.25, 0.3) is 0 Å². The highest BCUT2D eigenvalue weighted by Gasteiger charge is 2.57. The maximum absolute atomic E-state index is 12.3. The Balaban J connectivity index is 1.78. The molecule has 0 spiro atoms. The Morgan fingerprint density at radius 2 is 2.05 bits per heavy atom. The number of phenolic OH excluding ortho intramolecular Hbond substituents is 1. The van der Waals surface area contributed by atoms with E-state index >= 15 is 0 Å². The van der Waals surface area contributed by atoms with Crippen molar-refractivity contribution in [1.82, 2.24) is 0 Å². The molecule has 3 nitrogen and oxygen atoms in total. The van der Waals surface area contributed by atoms with E-state index in [1.54, 1.807) is 6.07 Å². The number of carbonyl (C=O) groups excluding carboxylic acids is 1. The third-order valence-corrected chi connectivity index (χ3v) is 6.40. The van der Waals surface area contributed by atoms with Crippen LogP contribution in [-0.2, 0) is 11.2 Å². The average Bonchev–Trinajstić information content (AvgIpc) is 2.74. The Hall–Kier alpha value is -1.35. The maximum atomic E-state index is 12.3. The normalized spacial score (nSPS) is 41.3. The van der Waals surface area contributed by atoms with Gasteiger partial charge in [0.1, 0.15) is 11.5 Å². The molecule has 2 N–H and O–H groups in total. The number of aromatic hydroxyl groups is 1. The van der Waals surface area contributed by atoms with Gasteiger partial charge in [-0.3, -0.25) is 4.79 Å². The zero-order valence-electron chi connectivity index (χ0n) is 12.4. The van der Waals surface area contributed by atoms with Crippen molar-refractivity contribution in [2.45, 2.75) is 51.0 Å². The highest BCUT2D eigenvalue weighted by Crippen LogP contribution is 2.59. The van der Waals surface area contributed by atoms with Crippen LogP contribution in [0.1, 0.15) is 49.7 Å². The van der Waals surface area contributed by atoms with Gasteiger partial charge in [-0.05, 0) is 60.8 Å². The van der Waals surface area contributed by atoms with Crippen molar-refractivity contribution in [2.24, 2.45) is 17.3 Å². The molecule has 0 amide bonds. The van der Waals surface area contributed by atoms with E-state index in [2.05, 4.69) is 6.92 Å². The standard InChI is InChI=1S/C18H22O3/c1-18-9-15(20)17-12-5-3-11(19)8-10(12)2-4-13(17)14(18)6-7-16(18)21/h3,5,8,13-15,17,19-20H,2,4,6-7,9H2,1H3/t13-,14+,15-,17+,18-/m0/s1. The zero-order valence-corrected chi connectivity index (χ0v) is 12.4. The Morgan fingerprint density at radius 3 is 2.86 bits per heavy atom. The fourth-order valence-corrected chi connectivity index (χ4v) is 5.42. The molecule has 3 heteroatoms. The number of aliphatic hydroxyl groups is 1. The summed E-state index contributed by atoms with van der Waals surface area (Å²) in [7, 11) is 0. The molecular formula is C18H22O3. The monoisotopic (exact) mass is 286 g/mol. The lowest BCUT2D eigenvalue weighted by atomic mass is 9.54. The summed E-state index contributed by atoms with van der Waals surface area (Å²) in [6.07, 6.45) is 3.78. The van der Waals surface area contributed by atoms with Crippen molar-refractivity contribution in [1.29, 1.82) is 0 Å². The number of hydrogen-bond donors (Lipinski definition) is 2. The van der Waals surface area contributed by atoms with Gasteiger partial charge in [-0.25, -0.2) is 0 Å². The largest absolute Gasteiger partial charge is 0.508 e. The van der Waals surface area contributed by atoms with E-state index in [4.69, 9.17) is 0 Å². The van der Waals surface area contributed by atoms with E-state index < -0.39 is 6.10 Å². The molecule has 21 heavy (non-hydrogen) atoms. The zero-order chi connectivity index (χ0) is 14.8. The molecule has 0 saturated heterocycles. The second kappa shape index (κ2) is 4.33. The maximum Gasteiger partial charge on any atom is 0.139 e. The molecule has 0 aromatic heterocycles. The number of hydrogen-bond acceptors (Lipinski definition) is 3. The van der Waals surface area contributed by atoms with Crippen molar-refractivity contribution in [3.05, 3.63) is 29.3 Å². The molecule has 3 aliphatic rings. The lowest BCUT2D eigenvalue weighted by molar-refractivity contribution is -0.133. The molecule has 0 heterocycles.